The molecule has 3 rings (SSSR count). The average molecular weight is 402 g/mol. The van der Waals surface area contributed by atoms with Gasteiger partial charge in [0.05, 0.1) is 5.56 Å². The molecule has 114 valence electrons. The van der Waals surface area contributed by atoms with E-state index < -0.39 is 0 Å². The fraction of sp³-hybridized carbons (Fsp3) is 0.588. The van der Waals surface area contributed by atoms with Gasteiger partial charge >= 0.3 is 5.97 Å². The summed E-state index contributed by atoms with van der Waals surface area (Å²) < 4.78 is 19.6. The van der Waals surface area contributed by atoms with Crippen LogP contribution in [0.1, 0.15) is 50.4 Å². The third kappa shape index (κ3) is 2.21. The van der Waals surface area contributed by atoms with Gasteiger partial charge in [-0.1, -0.05) is 20.8 Å². The summed E-state index contributed by atoms with van der Waals surface area (Å²) in [4.78, 5) is 12.4. The first kappa shape index (κ1) is 15.3. The highest BCUT2D eigenvalue weighted by Gasteiger charge is 2.62. The van der Waals surface area contributed by atoms with Gasteiger partial charge in [-0.3, -0.25) is 0 Å². The third-order valence-electron chi connectivity index (χ3n) is 6.11. The Kier molecular flexibility index (Phi) is 3.58. The molecule has 21 heavy (non-hydrogen) atoms. The molecule has 2 bridgehead atoms. The van der Waals surface area contributed by atoms with Crippen molar-refractivity contribution in [2.45, 2.75) is 46.1 Å². The first-order valence-electron chi connectivity index (χ1n) is 7.42. The molecular weight excluding hydrogens is 382 g/mol. The number of esters is 1. The van der Waals surface area contributed by atoms with Gasteiger partial charge in [-0.25, -0.2) is 9.18 Å². The number of rotatable bonds is 2. The topological polar surface area (TPSA) is 26.3 Å². The Hall–Kier alpha value is -0.650. The van der Waals surface area contributed by atoms with Crippen molar-refractivity contribution < 1.29 is 13.9 Å². The van der Waals surface area contributed by atoms with Gasteiger partial charge in [-0.15, -0.1) is 0 Å². The van der Waals surface area contributed by atoms with Gasteiger partial charge in [0.1, 0.15) is 11.9 Å². The molecule has 0 radical (unpaired) electrons. The van der Waals surface area contributed by atoms with E-state index in [2.05, 4.69) is 20.8 Å². The van der Waals surface area contributed by atoms with Crippen LogP contribution in [0.25, 0.3) is 0 Å². The predicted molar refractivity (Wildman–Crippen MR) is 87.5 cm³/mol. The summed E-state index contributed by atoms with van der Waals surface area (Å²) >= 11 is 1.98. The average Bonchev–Trinajstić information content (AvgIpc) is 2.71. The van der Waals surface area contributed by atoms with E-state index in [1.807, 2.05) is 22.6 Å². The van der Waals surface area contributed by atoms with Crippen molar-refractivity contribution in [3.8, 4) is 0 Å². The molecule has 0 aromatic heterocycles. The lowest BCUT2D eigenvalue weighted by atomic mass is 9.70. The minimum Gasteiger partial charge on any atom is -0.458 e. The summed E-state index contributed by atoms with van der Waals surface area (Å²) in [5.41, 5.74) is 0.730. The Morgan fingerprint density at radius 2 is 2.10 bits per heavy atom. The zero-order valence-corrected chi connectivity index (χ0v) is 14.7. The van der Waals surface area contributed by atoms with E-state index in [-0.39, 0.29) is 28.7 Å². The van der Waals surface area contributed by atoms with E-state index in [1.54, 1.807) is 0 Å². The fourth-order valence-corrected chi connectivity index (χ4v) is 4.85. The molecule has 2 aliphatic rings. The van der Waals surface area contributed by atoms with Gasteiger partial charge in [-0.05, 0) is 71.4 Å². The maximum absolute atomic E-state index is 13.1. The smallest absolute Gasteiger partial charge is 0.339 e. The lowest BCUT2D eigenvalue weighted by Gasteiger charge is -2.38. The van der Waals surface area contributed by atoms with Gasteiger partial charge < -0.3 is 4.74 Å². The van der Waals surface area contributed by atoms with Crippen LogP contribution >= 0.6 is 22.6 Å². The SMILES string of the molecule is CC1(C)C2CCC1(C)C(OC(=O)c1ccc(F)cc1I)C2. The Labute approximate surface area is 138 Å². The second kappa shape index (κ2) is 4.93. The Morgan fingerprint density at radius 1 is 1.38 bits per heavy atom. The van der Waals surface area contributed by atoms with E-state index in [0.717, 1.165) is 12.8 Å². The minimum absolute atomic E-state index is 0.0281. The summed E-state index contributed by atoms with van der Waals surface area (Å²) in [6.45, 7) is 6.83. The number of benzene rings is 1. The standard InChI is InChI=1S/C17H20FIO2/c1-16(2)10-6-7-17(16,3)14(8-10)21-15(20)12-5-4-11(18)9-13(12)19/h4-5,9-10,14H,6-8H2,1-3H3. The molecule has 3 unspecified atom stereocenters. The first-order chi connectivity index (χ1) is 9.75. The summed E-state index contributed by atoms with van der Waals surface area (Å²) in [6, 6.07) is 4.19. The normalized spacial score (nSPS) is 33.2. The van der Waals surface area contributed by atoms with E-state index in [0.29, 0.717) is 15.1 Å². The van der Waals surface area contributed by atoms with Crippen LogP contribution in [0.5, 0.6) is 0 Å². The molecule has 2 aliphatic carbocycles. The zero-order valence-electron chi connectivity index (χ0n) is 12.6. The molecular formula is C17H20FIO2. The maximum Gasteiger partial charge on any atom is 0.339 e. The number of hydrogen-bond acceptors (Lipinski definition) is 2. The van der Waals surface area contributed by atoms with Crippen LogP contribution in [0.3, 0.4) is 0 Å². The third-order valence-corrected chi connectivity index (χ3v) is 7.01. The molecule has 2 nitrogen and oxygen atoms in total. The second-order valence-electron chi connectivity index (χ2n) is 7.13. The fourth-order valence-electron chi connectivity index (χ4n) is 4.16. The van der Waals surface area contributed by atoms with Crippen LogP contribution in [0.4, 0.5) is 4.39 Å². The van der Waals surface area contributed by atoms with Crippen molar-refractivity contribution in [1.82, 2.24) is 0 Å². The van der Waals surface area contributed by atoms with E-state index in [4.69, 9.17) is 4.74 Å². The van der Waals surface area contributed by atoms with E-state index in [1.165, 1.54) is 24.6 Å². The molecule has 2 fully saturated rings. The Balaban J connectivity index is 1.80. The van der Waals surface area contributed by atoms with Crippen LogP contribution in [0.15, 0.2) is 18.2 Å². The molecule has 0 aliphatic heterocycles. The van der Waals surface area contributed by atoms with Crippen molar-refractivity contribution in [2.75, 3.05) is 0 Å². The molecule has 0 heterocycles. The molecule has 0 spiro atoms. The lowest BCUT2D eigenvalue weighted by Crippen LogP contribution is -2.38. The van der Waals surface area contributed by atoms with Gasteiger partial charge in [0.15, 0.2) is 0 Å². The quantitative estimate of drug-likeness (QED) is 0.525. The summed E-state index contributed by atoms with van der Waals surface area (Å²) in [5.74, 6) is -0.0227. The van der Waals surface area contributed by atoms with Gasteiger partial charge in [0.25, 0.3) is 0 Å². The molecule has 0 amide bonds. The molecule has 1 aromatic rings. The highest BCUT2D eigenvalue weighted by molar-refractivity contribution is 14.1. The van der Waals surface area contributed by atoms with E-state index >= 15 is 0 Å². The summed E-state index contributed by atoms with van der Waals surface area (Å²) in [7, 11) is 0. The molecule has 0 N–H and O–H groups in total. The second-order valence-corrected chi connectivity index (χ2v) is 8.29. The highest BCUT2D eigenvalue weighted by Crippen LogP contribution is 2.66. The van der Waals surface area contributed by atoms with Crippen molar-refractivity contribution in [2.24, 2.45) is 16.7 Å². The van der Waals surface area contributed by atoms with Crippen LogP contribution < -0.4 is 0 Å². The van der Waals surface area contributed by atoms with Crippen LogP contribution in [-0.2, 0) is 4.74 Å². The summed E-state index contributed by atoms with van der Waals surface area (Å²) in [5, 5.41) is 0. The van der Waals surface area contributed by atoms with Crippen LogP contribution in [0.2, 0.25) is 0 Å². The van der Waals surface area contributed by atoms with Gasteiger partial charge in [0.2, 0.25) is 0 Å². The van der Waals surface area contributed by atoms with Crippen molar-refractivity contribution in [3.63, 3.8) is 0 Å². The summed E-state index contributed by atoms with van der Waals surface area (Å²) in [6.07, 6.45) is 3.27. The number of fused-ring (bicyclic) bond motifs is 2. The Morgan fingerprint density at radius 3 is 2.62 bits per heavy atom. The Bertz CT molecular complexity index is 598. The molecule has 1 aromatic carbocycles. The molecule has 4 heteroatoms. The minimum atomic E-state index is -0.330. The molecule has 3 atom stereocenters. The zero-order chi connectivity index (χ0) is 15.4. The molecule has 2 saturated carbocycles. The number of hydrogen-bond donors (Lipinski definition) is 0. The lowest BCUT2D eigenvalue weighted by molar-refractivity contribution is -0.0243. The van der Waals surface area contributed by atoms with Crippen molar-refractivity contribution in [3.05, 3.63) is 33.1 Å². The largest absolute Gasteiger partial charge is 0.458 e. The number of ether oxygens (including phenoxy) is 1. The predicted octanol–water partition coefficient (Wildman–Crippen LogP) is 4.80. The van der Waals surface area contributed by atoms with Crippen LogP contribution in [0, 0.1) is 26.1 Å². The number of carbonyl (C=O) groups excluding carboxylic acids is 1. The highest BCUT2D eigenvalue weighted by atomic mass is 127. The number of carbonyl (C=O) groups is 1. The van der Waals surface area contributed by atoms with E-state index in [9.17, 15) is 9.18 Å². The van der Waals surface area contributed by atoms with Crippen LogP contribution in [-0.4, -0.2) is 12.1 Å². The molecule has 0 saturated heterocycles. The number of halogens is 2. The monoisotopic (exact) mass is 402 g/mol. The van der Waals surface area contributed by atoms with Crippen molar-refractivity contribution >= 4 is 28.6 Å². The van der Waals surface area contributed by atoms with Gasteiger partial charge in [-0.2, -0.15) is 0 Å². The first-order valence-corrected chi connectivity index (χ1v) is 8.49. The van der Waals surface area contributed by atoms with Crippen molar-refractivity contribution in [1.29, 1.82) is 0 Å². The van der Waals surface area contributed by atoms with Gasteiger partial charge in [0, 0.05) is 8.99 Å². The maximum atomic E-state index is 13.1.